The molecule has 3 nitrogen and oxygen atoms in total. The summed E-state index contributed by atoms with van der Waals surface area (Å²) < 4.78 is 0. The minimum Gasteiger partial charge on any atom is -0.390 e. The molecule has 22 heavy (non-hydrogen) atoms. The van der Waals surface area contributed by atoms with Crippen LogP contribution < -0.4 is 10.2 Å². The Hall–Kier alpha value is -1.06. The maximum atomic E-state index is 9.76. The van der Waals surface area contributed by atoms with Crippen LogP contribution in [0.2, 0.25) is 0 Å². The number of hydrogen-bond donors (Lipinski definition) is 2. The Morgan fingerprint density at radius 1 is 1.23 bits per heavy atom. The highest BCUT2D eigenvalue weighted by Gasteiger charge is 2.20. The number of piperidine rings is 1. The van der Waals surface area contributed by atoms with Gasteiger partial charge in [-0.3, -0.25) is 0 Å². The molecule has 0 aliphatic carbocycles. The average Bonchev–Trinajstić information content (AvgIpc) is 2.47. The van der Waals surface area contributed by atoms with Gasteiger partial charge >= 0.3 is 0 Å². The summed E-state index contributed by atoms with van der Waals surface area (Å²) in [7, 11) is 0. The molecular formula is C19H32N2O. The second-order valence-electron chi connectivity index (χ2n) is 7.37. The van der Waals surface area contributed by atoms with E-state index < -0.39 is 5.60 Å². The molecule has 124 valence electrons. The van der Waals surface area contributed by atoms with Gasteiger partial charge in [0.15, 0.2) is 0 Å². The van der Waals surface area contributed by atoms with Gasteiger partial charge in [0.2, 0.25) is 0 Å². The van der Waals surface area contributed by atoms with E-state index in [1.807, 2.05) is 13.8 Å². The van der Waals surface area contributed by atoms with Crippen LogP contribution in [0.1, 0.15) is 52.9 Å². The van der Waals surface area contributed by atoms with E-state index >= 15 is 0 Å². The monoisotopic (exact) mass is 304 g/mol. The molecule has 0 saturated carbocycles. The fourth-order valence-corrected chi connectivity index (χ4v) is 3.27. The number of aliphatic hydroxyl groups is 1. The van der Waals surface area contributed by atoms with E-state index in [1.165, 1.54) is 18.5 Å². The van der Waals surface area contributed by atoms with Crippen molar-refractivity contribution in [2.75, 3.05) is 18.0 Å². The van der Waals surface area contributed by atoms with Crippen LogP contribution in [0.15, 0.2) is 30.3 Å². The summed E-state index contributed by atoms with van der Waals surface area (Å²) in [6.07, 6.45) is 5.53. The minimum atomic E-state index is -0.527. The highest BCUT2D eigenvalue weighted by atomic mass is 16.3. The van der Waals surface area contributed by atoms with Crippen molar-refractivity contribution in [1.82, 2.24) is 5.32 Å². The molecule has 1 aromatic rings. The average molecular weight is 304 g/mol. The molecule has 0 spiro atoms. The Kier molecular flexibility index (Phi) is 6.27. The first-order valence-corrected chi connectivity index (χ1v) is 8.72. The molecule has 1 aliphatic heterocycles. The number of nitrogens with zero attached hydrogens (tertiary/aromatic N) is 1. The van der Waals surface area contributed by atoms with Crippen LogP contribution in [0.4, 0.5) is 5.69 Å². The lowest BCUT2D eigenvalue weighted by Crippen LogP contribution is -2.45. The summed E-state index contributed by atoms with van der Waals surface area (Å²) in [5.41, 5.74) is 0.819. The molecule has 1 atom stereocenters. The topological polar surface area (TPSA) is 35.5 Å². The number of hydrogen-bond acceptors (Lipinski definition) is 3. The predicted molar refractivity (Wildman–Crippen MR) is 94.4 cm³/mol. The fraction of sp³-hybridized carbons (Fsp3) is 0.684. The first-order chi connectivity index (χ1) is 10.4. The highest BCUT2D eigenvalue weighted by Crippen LogP contribution is 2.20. The van der Waals surface area contributed by atoms with Crippen molar-refractivity contribution in [3.05, 3.63) is 30.3 Å². The number of rotatable bonds is 7. The van der Waals surface area contributed by atoms with Gasteiger partial charge in [0.05, 0.1) is 5.60 Å². The van der Waals surface area contributed by atoms with E-state index in [9.17, 15) is 5.11 Å². The molecule has 2 N–H and O–H groups in total. The Morgan fingerprint density at radius 2 is 1.86 bits per heavy atom. The van der Waals surface area contributed by atoms with Gasteiger partial charge in [-0.05, 0) is 65.0 Å². The number of para-hydroxylation sites is 1. The Morgan fingerprint density at radius 3 is 2.45 bits per heavy atom. The Balaban J connectivity index is 1.67. The van der Waals surface area contributed by atoms with Crippen molar-refractivity contribution < 1.29 is 5.11 Å². The number of nitrogens with one attached hydrogen (secondary N) is 1. The molecule has 1 fully saturated rings. The molecule has 0 amide bonds. The first kappa shape index (κ1) is 17.3. The van der Waals surface area contributed by atoms with E-state index in [1.54, 1.807) is 0 Å². The number of anilines is 1. The zero-order valence-corrected chi connectivity index (χ0v) is 14.4. The molecule has 0 aromatic heterocycles. The summed E-state index contributed by atoms with van der Waals surface area (Å²) in [6, 6.07) is 11.9. The van der Waals surface area contributed by atoms with Gasteiger partial charge in [-0.2, -0.15) is 0 Å². The van der Waals surface area contributed by atoms with Crippen molar-refractivity contribution in [2.45, 2.75) is 70.6 Å². The summed E-state index contributed by atoms with van der Waals surface area (Å²) in [5.74, 6) is 0. The molecule has 0 bridgehead atoms. The van der Waals surface area contributed by atoms with Crippen LogP contribution in [-0.2, 0) is 0 Å². The van der Waals surface area contributed by atoms with E-state index in [4.69, 9.17) is 0 Å². The molecule has 2 rings (SSSR count). The summed E-state index contributed by atoms with van der Waals surface area (Å²) in [4.78, 5) is 2.48. The standard InChI is InChI=1S/C19H32N2O/c1-16(8-7-13-19(2,3)22)20-17-11-14-21(15-12-17)18-9-5-4-6-10-18/h4-6,9-10,16-17,20,22H,7-8,11-15H2,1-3H3. The maximum Gasteiger partial charge on any atom is 0.0591 e. The van der Waals surface area contributed by atoms with Crippen molar-refractivity contribution in [3.63, 3.8) is 0 Å². The van der Waals surface area contributed by atoms with Crippen molar-refractivity contribution in [3.8, 4) is 0 Å². The summed E-state index contributed by atoms with van der Waals surface area (Å²) in [6.45, 7) is 8.33. The quantitative estimate of drug-likeness (QED) is 0.808. The largest absolute Gasteiger partial charge is 0.390 e. The van der Waals surface area contributed by atoms with Crippen LogP contribution in [0.25, 0.3) is 0 Å². The van der Waals surface area contributed by atoms with Gasteiger partial charge in [-0.15, -0.1) is 0 Å². The highest BCUT2D eigenvalue weighted by molar-refractivity contribution is 5.46. The van der Waals surface area contributed by atoms with Gasteiger partial charge in [-0.1, -0.05) is 18.2 Å². The molecule has 0 radical (unpaired) electrons. The van der Waals surface area contributed by atoms with E-state index in [2.05, 4.69) is 47.5 Å². The smallest absolute Gasteiger partial charge is 0.0591 e. The molecule has 1 aromatic carbocycles. The van der Waals surface area contributed by atoms with E-state index in [0.717, 1.165) is 32.4 Å². The summed E-state index contributed by atoms with van der Waals surface area (Å²) >= 11 is 0. The third-order valence-corrected chi connectivity index (χ3v) is 4.56. The SMILES string of the molecule is CC(CCCC(C)(C)O)NC1CCN(c2ccccc2)CC1. The van der Waals surface area contributed by atoms with Crippen molar-refractivity contribution in [1.29, 1.82) is 0 Å². The fourth-order valence-electron chi connectivity index (χ4n) is 3.27. The van der Waals surface area contributed by atoms with Gasteiger partial charge in [-0.25, -0.2) is 0 Å². The lowest BCUT2D eigenvalue weighted by Gasteiger charge is -2.35. The van der Waals surface area contributed by atoms with Crippen LogP contribution in [0.5, 0.6) is 0 Å². The molecule has 1 unspecified atom stereocenters. The second kappa shape index (κ2) is 7.98. The Bertz CT molecular complexity index is 419. The maximum absolute atomic E-state index is 9.76. The van der Waals surface area contributed by atoms with Crippen LogP contribution >= 0.6 is 0 Å². The molecule has 1 aliphatic rings. The van der Waals surface area contributed by atoms with Crippen LogP contribution in [0.3, 0.4) is 0 Å². The van der Waals surface area contributed by atoms with Crippen LogP contribution in [0, 0.1) is 0 Å². The molecular weight excluding hydrogens is 272 g/mol. The van der Waals surface area contributed by atoms with Gasteiger partial charge in [0.1, 0.15) is 0 Å². The summed E-state index contributed by atoms with van der Waals surface area (Å²) in [5, 5.41) is 13.5. The third-order valence-electron chi connectivity index (χ3n) is 4.56. The second-order valence-corrected chi connectivity index (χ2v) is 7.37. The predicted octanol–water partition coefficient (Wildman–Crippen LogP) is 3.57. The lowest BCUT2D eigenvalue weighted by molar-refractivity contribution is 0.0673. The zero-order valence-electron chi connectivity index (χ0n) is 14.4. The van der Waals surface area contributed by atoms with Gasteiger partial charge in [0.25, 0.3) is 0 Å². The number of benzene rings is 1. The Labute approximate surface area is 135 Å². The van der Waals surface area contributed by atoms with Gasteiger partial charge < -0.3 is 15.3 Å². The van der Waals surface area contributed by atoms with Crippen LogP contribution in [-0.4, -0.2) is 35.9 Å². The van der Waals surface area contributed by atoms with Crippen molar-refractivity contribution in [2.24, 2.45) is 0 Å². The molecule has 3 heteroatoms. The van der Waals surface area contributed by atoms with Gasteiger partial charge in [0, 0.05) is 30.9 Å². The molecule has 1 saturated heterocycles. The normalized spacial score (nSPS) is 18.5. The van der Waals surface area contributed by atoms with E-state index in [-0.39, 0.29) is 0 Å². The first-order valence-electron chi connectivity index (χ1n) is 8.72. The van der Waals surface area contributed by atoms with Crippen molar-refractivity contribution >= 4 is 5.69 Å². The minimum absolute atomic E-state index is 0.527. The molecule has 1 heterocycles. The van der Waals surface area contributed by atoms with E-state index in [0.29, 0.717) is 12.1 Å². The zero-order chi connectivity index (χ0) is 16.0. The third kappa shape index (κ3) is 5.98. The lowest BCUT2D eigenvalue weighted by atomic mass is 9.98.